The van der Waals surface area contributed by atoms with E-state index in [9.17, 15) is 22.4 Å². The van der Waals surface area contributed by atoms with Crippen LogP contribution in [-0.2, 0) is 11.0 Å². The Labute approximate surface area is 162 Å². The summed E-state index contributed by atoms with van der Waals surface area (Å²) in [6.45, 7) is 0. The average molecular weight is 405 g/mol. The zero-order valence-corrected chi connectivity index (χ0v) is 14.9. The highest BCUT2D eigenvalue weighted by molar-refractivity contribution is 5.83. The molecule has 2 aromatic carbocycles. The van der Waals surface area contributed by atoms with Gasteiger partial charge in [0.2, 0.25) is 5.82 Å². The lowest BCUT2D eigenvalue weighted by molar-refractivity contribution is -0.137. The number of carbonyl (C=O) groups is 1. The highest BCUT2D eigenvalue weighted by atomic mass is 19.4. The Balaban J connectivity index is 1.68. The van der Waals surface area contributed by atoms with Gasteiger partial charge in [-0.25, -0.2) is 4.39 Å². The Kier molecular flexibility index (Phi) is 4.77. The van der Waals surface area contributed by atoms with E-state index in [1.54, 1.807) is 0 Å². The van der Waals surface area contributed by atoms with Gasteiger partial charge in [0.05, 0.1) is 5.56 Å². The summed E-state index contributed by atoms with van der Waals surface area (Å²) in [7, 11) is 0. The number of amides is 1. The lowest BCUT2D eigenvalue weighted by Crippen LogP contribution is -2.35. The lowest BCUT2D eigenvalue weighted by Gasteiger charge is -2.15. The first-order valence-electron chi connectivity index (χ1n) is 8.84. The standard InChI is InChI=1S/C19H15F4N5O/c20-14-6-4-11(5-7-14)16(18(29)24-15-8-9-15)28-26-17(25-27-28)12-2-1-3-13(10-12)19(21,22)23/h1-7,10,15-16H,8-9H2,(H,24,29). The summed E-state index contributed by atoms with van der Waals surface area (Å²) >= 11 is 0. The minimum absolute atomic E-state index is 0.0533. The first-order chi connectivity index (χ1) is 13.8. The molecule has 29 heavy (non-hydrogen) atoms. The van der Waals surface area contributed by atoms with Crippen molar-refractivity contribution in [2.45, 2.75) is 31.1 Å². The van der Waals surface area contributed by atoms with Crippen LogP contribution in [0.5, 0.6) is 0 Å². The predicted molar refractivity (Wildman–Crippen MR) is 94.0 cm³/mol. The molecule has 6 nitrogen and oxygen atoms in total. The van der Waals surface area contributed by atoms with Gasteiger partial charge in [-0.05, 0) is 47.9 Å². The first-order valence-corrected chi connectivity index (χ1v) is 8.84. The van der Waals surface area contributed by atoms with E-state index >= 15 is 0 Å². The molecular weight excluding hydrogens is 390 g/mol. The van der Waals surface area contributed by atoms with E-state index in [0.717, 1.165) is 29.8 Å². The largest absolute Gasteiger partial charge is 0.416 e. The zero-order chi connectivity index (χ0) is 20.6. The van der Waals surface area contributed by atoms with Crippen molar-refractivity contribution in [3.63, 3.8) is 0 Å². The molecule has 1 amide bonds. The third-order valence-corrected chi connectivity index (χ3v) is 4.47. The van der Waals surface area contributed by atoms with Crippen LogP contribution in [0, 0.1) is 5.82 Å². The molecule has 1 heterocycles. The van der Waals surface area contributed by atoms with Crippen LogP contribution in [-0.4, -0.2) is 32.2 Å². The molecule has 1 aliphatic rings. The van der Waals surface area contributed by atoms with Crippen molar-refractivity contribution in [3.05, 3.63) is 65.5 Å². The highest BCUT2D eigenvalue weighted by Gasteiger charge is 2.32. The summed E-state index contributed by atoms with van der Waals surface area (Å²) in [6.07, 6.45) is -2.78. The second-order valence-electron chi connectivity index (χ2n) is 6.75. The highest BCUT2D eigenvalue weighted by Crippen LogP contribution is 2.31. The number of tetrazole rings is 1. The van der Waals surface area contributed by atoms with E-state index in [-0.39, 0.29) is 17.4 Å². The normalized spacial score (nSPS) is 15.2. The number of alkyl halides is 3. The Bertz CT molecular complexity index is 1030. The molecule has 1 aliphatic carbocycles. The van der Waals surface area contributed by atoms with Crippen LogP contribution in [0.3, 0.4) is 0 Å². The summed E-state index contributed by atoms with van der Waals surface area (Å²) in [4.78, 5) is 13.8. The van der Waals surface area contributed by atoms with Crippen molar-refractivity contribution in [3.8, 4) is 11.4 Å². The Morgan fingerprint density at radius 2 is 1.86 bits per heavy atom. The fourth-order valence-corrected chi connectivity index (χ4v) is 2.83. The van der Waals surface area contributed by atoms with Gasteiger partial charge in [0.1, 0.15) is 5.82 Å². The van der Waals surface area contributed by atoms with E-state index < -0.39 is 29.5 Å². The summed E-state index contributed by atoms with van der Waals surface area (Å²) in [5.74, 6) is -0.916. The van der Waals surface area contributed by atoms with Gasteiger partial charge in [-0.2, -0.15) is 13.2 Å². The maximum atomic E-state index is 13.3. The van der Waals surface area contributed by atoms with Gasteiger partial charge in [-0.3, -0.25) is 4.79 Å². The van der Waals surface area contributed by atoms with Crippen LogP contribution in [0.1, 0.15) is 30.0 Å². The third kappa shape index (κ3) is 4.25. The Hall–Kier alpha value is -3.30. The van der Waals surface area contributed by atoms with Gasteiger partial charge < -0.3 is 5.32 Å². The topological polar surface area (TPSA) is 72.7 Å². The van der Waals surface area contributed by atoms with Crippen molar-refractivity contribution in [1.29, 1.82) is 0 Å². The maximum Gasteiger partial charge on any atom is 0.416 e. The second kappa shape index (κ2) is 7.26. The summed E-state index contributed by atoms with van der Waals surface area (Å²) in [6, 6.07) is 8.84. The molecule has 150 valence electrons. The summed E-state index contributed by atoms with van der Waals surface area (Å²) in [5.41, 5.74) is -0.294. The fraction of sp³-hybridized carbons (Fsp3) is 0.263. The van der Waals surface area contributed by atoms with Gasteiger partial charge in [-0.1, -0.05) is 24.3 Å². The fourth-order valence-electron chi connectivity index (χ4n) is 2.83. The van der Waals surface area contributed by atoms with Gasteiger partial charge in [-0.15, -0.1) is 15.0 Å². The third-order valence-electron chi connectivity index (χ3n) is 4.47. The van der Waals surface area contributed by atoms with Crippen LogP contribution < -0.4 is 5.32 Å². The number of halogens is 4. The van der Waals surface area contributed by atoms with E-state index in [1.165, 1.54) is 36.4 Å². The van der Waals surface area contributed by atoms with Crippen LogP contribution in [0.2, 0.25) is 0 Å². The zero-order valence-electron chi connectivity index (χ0n) is 14.9. The lowest BCUT2D eigenvalue weighted by atomic mass is 10.1. The Morgan fingerprint density at radius 1 is 1.14 bits per heavy atom. The predicted octanol–water partition coefficient (Wildman–Crippen LogP) is 3.37. The quantitative estimate of drug-likeness (QED) is 0.661. The molecule has 0 radical (unpaired) electrons. The average Bonchev–Trinajstić information content (AvgIpc) is 3.36. The molecule has 10 heteroatoms. The molecule has 3 aromatic rings. The van der Waals surface area contributed by atoms with Crippen molar-refractivity contribution < 1.29 is 22.4 Å². The number of nitrogens with one attached hydrogen (secondary N) is 1. The van der Waals surface area contributed by atoms with Crippen LogP contribution in [0.25, 0.3) is 11.4 Å². The van der Waals surface area contributed by atoms with Crippen LogP contribution in [0.15, 0.2) is 48.5 Å². The monoisotopic (exact) mass is 405 g/mol. The molecule has 1 atom stereocenters. The van der Waals surface area contributed by atoms with E-state index in [4.69, 9.17) is 0 Å². The molecule has 0 spiro atoms. The molecule has 1 unspecified atom stereocenters. The number of hydrogen-bond donors (Lipinski definition) is 1. The number of nitrogens with zero attached hydrogens (tertiary/aromatic N) is 4. The van der Waals surface area contributed by atoms with Crippen LogP contribution in [0.4, 0.5) is 17.6 Å². The van der Waals surface area contributed by atoms with Gasteiger partial charge in [0, 0.05) is 11.6 Å². The number of benzene rings is 2. The van der Waals surface area contributed by atoms with Crippen molar-refractivity contribution in [2.75, 3.05) is 0 Å². The van der Waals surface area contributed by atoms with E-state index in [1.807, 2.05) is 0 Å². The number of rotatable bonds is 5. The minimum atomic E-state index is -4.51. The maximum absolute atomic E-state index is 13.3. The number of aromatic nitrogens is 4. The molecule has 0 saturated heterocycles. The minimum Gasteiger partial charge on any atom is -0.351 e. The summed E-state index contributed by atoms with van der Waals surface area (Å²) < 4.78 is 52.2. The Morgan fingerprint density at radius 3 is 2.52 bits per heavy atom. The van der Waals surface area contributed by atoms with E-state index in [2.05, 4.69) is 20.7 Å². The smallest absolute Gasteiger partial charge is 0.351 e. The van der Waals surface area contributed by atoms with Gasteiger partial charge >= 0.3 is 6.18 Å². The molecule has 1 fully saturated rings. The van der Waals surface area contributed by atoms with Gasteiger partial charge in [0.15, 0.2) is 6.04 Å². The molecule has 1 saturated carbocycles. The molecule has 1 N–H and O–H groups in total. The molecule has 0 bridgehead atoms. The number of hydrogen-bond acceptors (Lipinski definition) is 4. The van der Waals surface area contributed by atoms with Crippen molar-refractivity contribution in [1.82, 2.24) is 25.5 Å². The molecular formula is C19H15F4N5O. The summed E-state index contributed by atoms with van der Waals surface area (Å²) in [5, 5.41) is 14.6. The van der Waals surface area contributed by atoms with Gasteiger partial charge in [0.25, 0.3) is 5.91 Å². The van der Waals surface area contributed by atoms with E-state index in [0.29, 0.717) is 5.56 Å². The van der Waals surface area contributed by atoms with Crippen LogP contribution >= 0.6 is 0 Å². The molecule has 0 aliphatic heterocycles. The second-order valence-corrected chi connectivity index (χ2v) is 6.75. The molecule has 1 aromatic heterocycles. The first kappa shape index (κ1) is 19.0. The van der Waals surface area contributed by atoms with Crippen molar-refractivity contribution in [2.24, 2.45) is 0 Å². The molecule has 4 rings (SSSR count). The SMILES string of the molecule is O=C(NC1CC1)C(c1ccc(F)cc1)n1nnc(-c2cccc(C(F)(F)F)c2)n1. The number of carbonyl (C=O) groups excluding carboxylic acids is 1. The van der Waals surface area contributed by atoms with Crippen molar-refractivity contribution >= 4 is 5.91 Å².